The average molecular weight is 366 g/mol. The number of hydrogen-bond acceptors (Lipinski definition) is 6. The Bertz CT molecular complexity index is 722. The summed E-state index contributed by atoms with van der Waals surface area (Å²) in [6, 6.07) is 15.0. The van der Waals surface area contributed by atoms with E-state index < -0.39 is 0 Å². The molecule has 0 bridgehead atoms. The third-order valence-electron chi connectivity index (χ3n) is 2.55. The maximum Gasteiger partial charge on any atom is 2.00 e. The number of nitrogens with zero attached hydrogens (tertiary/aromatic N) is 2. The molecule has 0 fully saturated rings. The number of benzene rings is 2. The number of oxazole rings is 2. The molecule has 4 aromatic rings. The van der Waals surface area contributed by atoms with Crippen LogP contribution in [0.15, 0.2) is 67.8 Å². The normalized spacial score (nSPS) is 9.90. The zero-order valence-electron chi connectivity index (χ0n) is 10.9. The number of aromatic nitrogens is 2. The first-order chi connectivity index (χ1) is 9.72. The molecule has 2 aromatic carbocycles. The Morgan fingerprint density at radius 3 is 1.43 bits per heavy atom. The Kier molecular flexibility index (Phi) is 5.23. The molecule has 0 atom stereocenters. The average Bonchev–Trinajstić information content (AvgIpc) is 2.99. The topological polar surface area (TPSA) is 52.1 Å². The summed E-state index contributed by atoms with van der Waals surface area (Å²) in [5.74, 6) is 0. The van der Waals surface area contributed by atoms with Crippen LogP contribution in [0.2, 0.25) is 0 Å². The number of fused-ring (bicyclic) bond motifs is 2. The van der Waals surface area contributed by atoms with Crippen LogP contribution in [0.3, 0.4) is 0 Å². The van der Waals surface area contributed by atoms with Crippen molar-refractivity contribution in [3.63, 3.8) is 0 Å². The molecule has 21 heavy (non-hydrogen) atoms. The van der Waals surface area contributed by atoms with Crippen LogP contribution in [0, 0.1) is 0 Å². The fraction of sp³-hybridized carbons (Fsp3) is 0. The maximum atomic E-state index is 5.07. The van der Waals surface area contributed by atoms with Gasteiger partial charge in [0, 0.05) is 0 Å². The molecule has 7 heteroatoms. The van der Waals surface area contributed by atoms with E-state index in [9.17, 15) is 0 Å². The summed E-state index contributed by atoms with van der Waals surface area (Å²) in [6.07, 6.45) is 0. The molecule has 100 valence electrons. The third kappa shape index (κ3) is 3.75. The molecule has 4 rings (SSSR count). The molecule has 0 saturated carbocycles. The van der Waals surface area contributed by atoms with Crippen LogP contribution in [0.25, 0.3) is 22.2 Å². The van der Waals surface area contributed by atoms with E-state index >= 15 is 0 Å². The standard InChI is InChI=1S/2C7H5NOS.Zn/c2*10-7-8-5-3-1-2-4-6(5)9-7;/h2*1-4H,(H,8,10);/q;;+2/p-2. The summed E-state index contributed by atoms with van der Waals surface area (Å²) in [5.41, 5.74) is 3.17. The maximum absolute atomic E-state index is 5.07. The van der Waals surface area contributed by atoms with Gasteiger partial charge in [0.15, 0.2) is 11.2 Å². The summed E-state index contributed by atoms with van der Waals surface area (Å²) < 4.78 is 10.1. The summed E-state index contributed by atoms with van der Waals surface area (Å²) in [5, 5.41) is 0.613. The van der Waals surface area contributed by atoms with E-state index in [2.05, 4.69) is 9.97 Å². The molecule has 0 spiro atoms. The molecule has 0 unspecified atom stereocenters. The van der Waals surface area contributed by atoms with E-state index in [0.29, 0.717) is 10.4 Å². The molecule has 4 nitrogen and oxygen atoms in total. The van der Waals surface area contributed by atoms with E-state index in [-0.39, 0.29) is 19.5 Å². The molecular formula is C14H8N2O2S2Zn. The smallest absolute Gasteiger partial charge is 0.721 e. The first kappa shape index (κ1) is 15.8. The fourth-order valence-electron chi connectivity index (χ4n) is 1.70. The molecule has 0 aliphatic heterocycles. The zero-order chi connectivity index (χ0) is 13.9. The van der Waals surface area contributed by atoms with Crippen molar-refractivity contribution in [2.75, 3.05) is 0 Å². The van der Waals surface area contributed by atoms with Gasteiger partial charge in [0.2, 0.25) is 0 Å². The summed E-state index contributed by atoms with van der Waals surface area (Å²) >= 11 is 9.47. The largest absolute Gasteiger partial charge is 2.00 e. The molecule has 0 amide bonds. The van der Waals surface area contributed by atoms with E-state index in [1.165, 1.54) is 0 Å². The van der Waals surface area contributed by atoms with E-state index in [4.69, 9.17) is 34.1 Å². The monoisotopic (exact) mass is 364 g/mol. The minimum Gasteiger partial charge on any atom is -0.721 e. The van der Waals surface area contributed by atoms with Gasteiger partial charge in [-0.25, -0.2) is 9.97 Å². The predicted octanol–water partition coefficient (Wildman–Crippen LogP) is 3.46. The Morgan fingerprint density at radius 2 is 1.05 bits per heavy atom. The second-order valence-electron chi connectivity index (χ2n) is 3.89. The van der Waals surface area contributed by atoms with Gasteiger partial charge < -0.3 is 34.1 Å². The molecule has 0 saturated heterocycles. The van der Waals surface area contributed by atoms with Crippen LogP contribution in [-0.4, -0.2) is 9.97 Å². The van der Waals surface area contributed by atoms with Crippen molar-refractivity contribution < 1.29 is 28.3 Å². The van der Waals surface area contributed by atoms with Gasteiger partial charge in [-0.15, -0.1) is 0 Å². The van der Waals surface area contributed by atoms with Crippen LogP contribution in [0.5, 0.6) is 0 Å². The second kappa shape index (κ2) is 6.94. The molecule has 0 aliphatic carbocycles. The molecule has 2 heterocycles. The van der Waals surface area contributed by atoms with Gasteiger partial charge in [-0.2, -0.15) is 0 Å². The van der Waals surface area contributed by atoms with Crippen LogP contribution < -0.4 is 0 Å². The van der Waals surface area contributed by atoms with Crippen molar-refractivity contribution in [3.05, 3.63) is 48.5 Å². The predicted molar refractivity (Wildman–Crippen MR) is 79.3 cm³/mol. The molecule has 0 aliphatic rings. The third-order valence-corrected chi connectivity index (χ3v) is 2.90. The molecular weight excluding hydrogens is 358 g/mol. The number of para-hydroxylation sites is 4. The van der Waals surface area contributed by atoms with Crippen LogP contribution in [0.4, 0.5) is 0 Å². The minimum atomic E-state index is 0. The Balaban J connectivity index is 0.000000147. The first-order valence-corrected chi connectivity index (χ1v) is 6.59. The Hall–Kier alpha value is -1.56. The molecule has 0 N–H and O–H groups in total. The zero-order valence-corrected chi connectivity index (χ0v) is 15.5. The minimum absolute atomic E-state index is 0. The van der Waals surface area contributed by atoms with Gasteiger partial charge in [0.05, 0.1) is 10.4 Å². The van der Waals surface area contributed by atoms with E-state index in [0.717, 1.165) is 22.2 Å². The SMILES string of the molecule is [S-]c1nc2ccccc2o1.[S-]c1nc2ccccc2o1.[Zn+2]. The van der Waals surface area contributed by atoms with Gasteiger partial charge in [-0.05, 0) is 24.3 Å². The summed E-state index contributed by atoms with van der Waals surface area (Å²) in [6.45, 7) is 0. The van der Waals surface area contributed by atoms with Crippen molar-refractivity contribution in [3.8, 4) is 0 Å². The first-order valence-electron chi connectivity index (χ1n) is 5.77. The summed E-state index contributed by atoms with van der Waals surface area (Å²) in [7, 11) is 0. The van der Waals surface area contributed by atoms with Crippen LogP contribution >= 0.6 is 0 Å². The quantitative estimate of drug-likeness (QED) is 0.351. The fourth-order valence-corrected chi connectivity index (χ4v) is 2.08. The van der Waals surface area contributed by atoms with Crippen molar-refractivity contribution >= 4 is 47.5 Å². The van der Waals surface area contributed by atoms with Crippen LogP contribution in [0.1, 0.15) is 0 Å². The number of hydrogen-bond donors (Lipinski definition) is 0. The molecule has 2 aromatic heterocycles. The van der Waals surface area contributed by atoms with Crippen molar-refractivity contribution in [2.24, 2.45) is 0 Å². The van der Waals surface area contributed by atoms with E-state index in [1.54, 1.807) is 0 Å². The van der Waals surface area contributed by atoms with Gasteiger partial charge in [0.1, 0.15) is 11.0 Å². The van der Waals surface area contributed by atoms with E-state index in [1.807, 2.05) is 48.5 Å². The van der Waals surface area contributed by atoms with Crippen molar-refractivity contribution in [1.29, 1.82) is 0 Å². The van der Waals surface area contributed by atoms with Gasteiger partial charge in [0.25, 0.3) is 0 Å². The second-order valence-corrected chi connectivity index (χ2v) is 4.59. The Labute approximate surface area is 144 Å². The van der Waals surface area contributed by atoms with Gasteiger partial charge >= 0.3 is 19.5 Å². The van der Waals surface area contributed by atoms with Crippen LogP contribution in [-0.2, 0) is 44.7 Å². The summed E-state index contributed by atoms with van der Waals surface area (Å²) in [4.78, 5) is 7.92. The van der Waals surface area contributed by atoms with Gasteiger partial charge in [-0.3, -0.25) is 0 Å². The Morgan fingerprint density at radius 1 is 0.667 bits per heavy atom. The molecule has 0 radical (unpaired) electrons. The van der Waals surface area contributed by atoms with Crippen molar-refractivity contribution in [2.45, 2.75) is 10.4 Å². The number of rotatable bonds is 0. The van der Waals surface area contributed by atoms with Crippen molar-refractivity contribution in [1.82, 2.24) is 9.97 Å². The van der Waals surface area contributed by atoms with Gasteiger partial charge in [-0.1, -0.05) is 24.3 Å².